The highest BCUT2D eigenvalue weighted by Crippen LogP contribution is 2.26. The lowest BCUT2D eigenvalue weighted by Gasteiger charge is -2.11. The zero-order valence-electron chi connectivity index (χ0n) is 17.0. The minimum Gasteiger partial charge on any atom is -0.388 e. The maximum absolute atomic E-state index is 14.9. The van der Waals surface area contributed by atoms with Crippen LogP contribution in [-0.4, -0.2) is 30.9 Å². The van der Waals surface area contributed by atoms with E-state index in [2.05, 4.69) is 10.3 Å². The van der Waals surface area contributed by atoms with Crippen LogP contribution in [0.2, 0.25) is 4.34 Å². The van der Waals surface area contributed by atoms with Gasteiger partial charge in [0.05, 0.1) is 15.2 Å². The van der Waals surface area contributed by atoms with Crippen LogP contribution in [0.5, 0.6) is 0 Å². The number of fused-ring (bicyclic) bond motifs is 1. The molecule has 34 heavy (non-hydrogen) atoms. The van der Waals surface area contributed by atoms with Crippen LogP contribution in [0.4, 0.5) is 14.5 Å². The number of benzene rings is 2. The fourth-order valence-corrected chi connectivity index (χ4v) is 5.62. The van der Waals surface area contributed by atoms with E-state index in [0.29, 0.717) is 29.2 Å². The monoisotopic (exact) mass is 526 g/mol. The summed E-state index contributed by atoms with van der Waals surface area (Å²) in [5.41, 5.74) is -3.07. The molecule has 3 N–H and O–H groups in total. The topological polar surface area (TPSA) is 130 Å². The number of carbonyl (C=O) groups is 1. The van der Waals surface area contributed by atoms with Crippen LogP contribution in [0.3, 0.4) is 0 Å². The Balaban J connectivity index is 1.77. The van der Waals surface area contributed by atoms with Crippen molar-refractivity contribution in [2.75, 3.05) is 12.4 Å². The van der Waals surface area contributed by atoms with E-state index in [1.165, 1.54) is 24.3 Å². The number of H-pyrrole nitrogens is 1. The minimum atomic E-state index is -4.34. The average molecular weight is 527 g/mol. The molecule has 1 amide bonds. The van der Waals surface area contributed by atoms with Crippen molar-refractivity contribution >= 4 is 55.5 Å². The van der Waals surface area contributed by atoms with Crippen molar-refractivity contribution in [2.24, 2.45) is 0 Å². The van der Waals surface area contributed by atoms with Gasteiger partial charge in [0.25, 0.3) is 21.5 Å². The zero-order chi connectivity index (χ0) is 24.8. The number of hydrogen-bond donors (Lipinski definition) is 3. The number of amides is 1. The molecule has 0 fully saturated rings. The van der Waals surface area contributed by atoms with Crippen molar-refractivity contribution in [3.8, 4) is 5.69 Å². The lowest BCUT2D eigenvalue weighted by molar-refractivity contribution is 0.0980. The van der Waals surface area contributed by atoms with Crippen molar-refractivity contribution in [3.63, 3.8) is 0 Å². The summed E-state index contributed by atoms with van der Waals surface area (Å²) >= 11 is 6.38. The fraction of sp³-hybridized carbons (Fsp3) is 0.0500. The Morgan fingerprint density at radius 1 is 1.09 bits per heavy atom. The van der Waals surface area contributed by atoms with Gasteiger partial charge >= 0.3 is 5.69 Å². The Morgan fingerprint density at radius 3 is 2.35 bits per heavy atom. The molecule has 2 heterocycles. The van der Waals surface area contributed by atoms with Crippen molar-refractivity contribution in [3.05, 3.63) is 84.8 Å². The van der Waals surface area contributed by atoms with Gasteiger partial charge in [-0.25, -0.2) is 31.3 Å². The predicted molar refractivity (Wildman–Crippen MR) is 124 cm³/mol. The molecule has 4 rings (SSSR count). The molecule has 0 aliphatic heterocycles. The van der Waals surface area contributed by atoms with Crippen molar-refractivity contribution in [1.29, 1.82) is 0 Å². The first kappa shape index (κ1) is 23.6. The maximum Gasteiger partial charge on any atom is 0.333 e. The maximum atomic E-state index is 14.9. The second kappa shape index (κ2) is 8.66. The van der Waals surface area contributed by atoms with Crippen molar-refractivity contribution in [2.45, 2.75) is 4.21 Å². The molecule has 0 radical (unpaired) electrons. The summed E-state index contributed by atoms with van der Waals surface area (Å²) in [6, 6.07) is 7.88. The Bertz CT molecular complexity index is 1670. The van der Waals surface area contributed by atoms with Gasteiger partial charge in [0.2, 0.25) is 0 Å². The van der Waals surface area contributed by atoms with Crippen molar-refractivity contribution < 1.29 is 22.0 Å². The van der Waals surface area contributed by atoms with E-state index < -0.39 is 50.1 Å². The molecule has 0 saturated heterocycles. The van der Waals surface area contributed by atoms with E-state index in [1.807, 2.05) is 0 Å². The average Bonchev–Trinajstić information content (AvgIpc) is 3.22. The quantitative estimate of drug-likeness (QED) is 0.366. The second-order valence-electron chi connectivity index (χ2n) is 6.86. The van der Waals surface area contributed by atoms with Crippen LogP contribution < -0.4 is 21.3 Å². The summed E-state index contributed by atoms with van der Waals surface area (Å²) in [4.78, 5) is 40.1. The van der Waals surface area contributed by atoms with Gasteiger partial charge in [-0.1, -0.05) is 11.6 Å². The first-order valence-corrected chi connectivity index (χ1v) is 12.0. The molecule has 0 aliphatic carbocycles. The van der Waals surface area contributed by atoms with Gasteiger partial charge in [0.1, 0.15) is 9.90 Å². The SMILES string of the molecule is CNc1ccc2c(=O)n(-c3c(F)cc(C(=O)NS(=O)(=O)c4ccc(Cl)s4)cc3F)c(=O)[nH]c2c1. The Morgan fingerprint density at radius 2 is 1.76 bits per heavy atom. The van der Waals surface area contributed by atoms with Gasteiger partial charge in [0.15, 0.2) is 11.6 Å². The first-order valence-electron chi connectivity index (χ1n) is 9.30. The largest absolute Gasteiger partial charge is 0.388 e. The summed E-state index contributed by atoms with van der Waals surface area (Å²) < 4.78 is 56.2. The molecule has 0 bridgehead atoms. The number of nitrogens with one attached hydrogen (secondary N) is 3. The van der Waals surface area contributed by atoms with Gasteiger partial charge in [-0.05, 0) is 42.5 Å². The predicted octanol–water partition coefficient (Wildman–Crippen LogP) is 2.83. The third-order valence-corrected chi connectivity index (χ3v) is 7.78. The summed E-state index contributed by atoms with van der Waals surface area (Å²) in [5, 5.41) is 2.82. The number of hydrogen-bond acceptors (Lipinski definition) is 7. The van der Waals surface area contributed by atoms with E-state index in [0.717, 1.165) is 6.07 Å². The van der Waals surface area contributed by atoms with E-state index in [-0.39, 0.29) is 24.0 Å². The molecule has 2 aromatic carbocycles. The number of sulfonamides is 1. The van der Waals surface area contributed by atoms with Crippen molar-refractivity contribution in [1.82, 2.24) is 14.3 Å². The third kappa shape index (κ3) is 4.20. The molecule has 0 saturated carbocycles. The van der Waals surface area contributed by atoms with Gasteiger partial charge in [0, 0.05) is 18.3 Å². The molecule has 176 valence electrons. The lowest BCUT2D eigenvalue weighted by Crippen LogP contribution is -2.35. The molecule has 9 nitrogen and oxygen atoms in total. The van der Waals surface area contributed by atoms with Crippen LogP contribution in [0.25, 0.3) is 16.6 Å². The summed E-state index contributed by atoms with van der Waals surface area (Å²) in [6.07, 6.45) is 0. The van der Waals surface area contributed by atoms with E-state index in [1.54, 1.807) is 11.8 Å². The number of anilines is 1. The highest BCUT2D eigenvalue weighted by Gasteiger charge is 2.24. The molecule has 0 atom stereocenters. The van der Waals surface area contributed by atoms with E-state index in [4.69, 9.17) is 11.6 Å². The highest BCUT2D eigenvalue weighted by molar-refractivity contribution is 7.92. The smallest absolute Gasteiger partial charge is 0.333 e. The number of carbonyl (C=O) groups excluding carboxylic acids is 1. The molecule has 4 aromatic rings. The summed E-state index contributed by atoms with van der Waals surface area (Å²) in [5.74, 6) is -4.19. The van der Waals surface area contributed by atoms with Crippen LogP contribution in [0.1, 0.15) is 10.4 Å². The molecule has 14 heteroatoms. The Kier molecular flexibility index (Phi) is 6.02. The number of aromatic nitrogens is 2. The van der Waals surface area contributed by atoms with E-state index in [9.17, 15) is 31.6 Å². The normalized spacial score (nSPS) is 11.5. The van der Waals surface area contributed by atoms with Crippen LogP contribution in [0, 0.1) is 11.6 Å². The standard InChI is InChI=1S/C20H13ClF2N4O5S2/c1-24-10-2-3-11-14(8-10)25-20(30)27(19(11)29)17-12(22)6-9(7-13(17)23)18(28)26-34(31,32)16-5-4-15(21)33-16/h2-8,24H,1H3,(H,25,30)(H,26,28). The van der Waals surface area contributed by atoms with Crippen LogP contribution in [0.15, 0.2) is 56.3 Å². The highest BCUT2D eigenvalue weighted by atomic mass is 35.5. The van der Waals surface area contributed by atoms with Gasteiger partial charge < -0.3 is 10.3 Å². The zero-order valence-corrected chi connectivity index (χ0v) is 19.4. The summed E-state index contributed by atoms with van der Waals surface area (Å²) in [7, 11) is -2.72. The molecular formula is C20H13ClF2N4O5S2. The molecule has 0 aliphatic rings. The molecule has 2 aromatic heterocycles. The lowest BCUT2D eigenvalue weighted by atomic mass is 10.1. The second-order valence-corrected chi connectivity index (χ2v) is 10.5. The number of halogens is 3. The Labute approximate surface area is 198 Å². The van der Waals surface area contributed by atoms with Gasteiger partial charge in [-0.2, -0.15) is 0 Å². The van der Waals surface area contributed by atoms with Crippen LogP contribution >= 0.6 is 22.9 Å². The van der Waals surface area contributed by atoms with Crippen LogP contribution in [-0.2, 0) is 10.0 Å². The Hall–Kier alpha value is -3.55. The number of aromatic amines is 1. The first-order chi connectivity index (χ1) is 16.0. The molecule has 0 unspecified atom stereocenters. The summed E-state index contributed by atoms with van der Waals surface area (Å²) in [6.45, 7) is 0. The molecular weight excluding hydrogens is 514 g/mol. The number of thiophene rings is 1. The van der Waals surface area contributed by atoms with E-state index >= 15 is 0 Å². The third-order valence-electron chi connectivity index (χ3n) is 4.73. The number of nitrogens with zero attached hydrogens (tertiary/aromatic N) is 1. The fourth-order valence-electron chi connectivity index (χ4n) is 3.16. The molecule has 0 spiro atoms. The van der Waals surface area contributed by atoms with Gasteiger partial charge in [-0.3, -0.25) is 9.59 Å². The minimum absolute atomic E-state index is 0.0140. The van der Waals surface area contributed by atoms with Gasteiger partial charge in [-0.15, -0.1) is 11.3 Å². The number of rotatable bonds is 5.